The normalized spacial score (nSPS) is 11.8. The molecule has 154 valence electrons. The molecule has 0 radical (unpaired) electrons. The van der Waals surface area contributed by atoms with E-state index in [1.165, 1.54) is 12.1 Å². The largest absolute Gasteiger partial charge is 0.488 e. The number of hydrogen-bond acceptors (Lipinski definition) is 3. The van der Waals surface area contributed by atoms with Gasteiger partial charge in [-0.3, -0.25) is 0 Å². The fourth-order valence-corrected chi connectivity index (χ4v) is 3.86. The Hall–Kier alpha value is -2.73. The van der Waals surface area contributed by atoms with Crippen molar-refractivity contribution in [1.82, 2.24) is 15.0 Å². The molecule has 0 N–H and O–H groups in total. The average Bonchev–Trinajstić information content (AvgIpc) is 3.09. The molecule has 1 heterocycles. The second-order valence-corrected chi connectivity index (χ2v) is 9.35. The maximum Gasteiger partial charge on any atom is 0.136 e. The smallest absolute Gasteiger partial charge is 0.136 e. The molecule has 0 aliphatic heterocycles. The molecule has 6 heteroatoms. The van der Waals surface area contributed by atoms with Crippen LogP contribution >= 0.6 is 15.9 Å². The summed E-state index contributed by atoms with van der Waals surface area (Å²) in [6, 6.07) is 18.4. The highest BCUT2D eigenvalue weighted by atomic mass is 79.9. The Kier molecular flexibility index (Phi) is 5.60. The van der Waals surface area contributed by atoms with Crippen LogP contribution in [-0.2, 0) is 13.2 Å². The minimum atomic E-state index is -0.245. The summed E-state index contributed by atoms with van der Waals surface area (Å²) in [5.41, 5.74) is 4.66. The molecule has 0 aliphatic rings. The lowest BCUT2D eigenvalue weighted by Crippen LogP contribution is -2.16. The summed E-state index contributed by atoms with van der Waals surface area (Å²) in [6.07, 6.45) is 0. The van der Waals surface area contributed by atoms with Gasteiger partial charge in [0.2, 0.25) is 0 Å². The van der Waals surface area contributed by atoms with Crippen LogP contribution < -0.4 is 4.74 Å². The van der Waals surface area contributed by atoms with Crippen molar-refractivity contribution >= 4 is 27.0 Å². The quantitative estimate of drug-likeness (QED) is 0.330. The summed E-state index contributed by atoms with van der Waals surface area (Å²) in [6.45, 7) is 7.69. The van der Waals surface area contributed by atoms with Gasteiger partial charge < -0.3 is 4.74 Å². The van der Waals surface area contributed by atoms with Crippen molar-refractivity contribution in [2.75, 3.05) is 0 Å². The van der Waals surface area contributed by atoms with Crippen LogP contribution in [0.3, 0.4) is 0 Å². The molecular formula is C24H23BrFN3O. The van der Waals surface area contributed by atoms with Gasteiger partial charge in [-0.15, -0.1) is 5.10 Å². The highest BCUT2D eigenvalue weighted by molar-refractivity contribution is 9.10. The summed E-state index contributed by atoms with van der Waals surface area (Å²) < 4.78 is 22.3. The van der Waals surface area contributed by atoms with Crippen molar-refractivity contribution < 1.29 is 9.13 Å². The number of nitrogens with zero attached hydrogens (tertiary/aromatic N) is 3. The van der Waals surface area contributed by atoms with Crippen molar-refractivity contribution in [1.29, 1.82) is 0 Å². The predicted molar refractivity (Wildman–Crippen MR) is 121 cm³/mol. The zero-order valence-corrected chi connectivity index (χ0v) is 18.8. The van der Waals surface area contributed by atoms with Gasteiger partial charge in [0.15, 0.2) is 0 Å². The van der Waals surface area contributed by atoms with Crippen molar-refractivity contribution in [2.45, 2.75) is 33.9 Å². The molecule has 0 atom stereocenters. The van der Waals surface area contributed by atoms with Crippen molar-refractivity contribution in [2.24, 2.45) is 5.41 Å². The fraction of sp³-hybridized carbons (Fsp3) is 0.250. The molecule has 4 aromatic rings. The first-order valence-corrected chi connectivity index (χ1v) is 10.6. The molecule has 0 aliphatic carbocycles. The first-order chi connectivity index (χ1) is 14.3. The number of rotatable bonds is 5. The molecule has 4 rings (SSSR count). The van der Waals surface area contributed by atoms with Crippen LogP contribution in [-0.4, -0.2) is 15.0 Å². The first kappa shape index (κ1) is 20.5. The molecule has 0 amide bonds. The van der Waals surface area contributed by atoms with E-state index >= 15 is 0 Å². The third-order valence-electron chi connectivity index (χ3n) is 4.69. The van der Waals surface area contributed by atoms with Crippen LogP contribution in [0.15, 0.2) is 65.1 Å². The van der Waals surface area contributed by atoms with Crippen LogP contribution in [0.2, 0.25) is 0 Å². The number of halogens is 2. The van der Waals surface area contributed by atoms with Crippen LogP contribution in [0.1, 0.15) is 26.3 Å². The summed E-state index contributed by atoms with van der Waals surface area (Å²) in [4.78, 5) is 0. The third-order valence-corrected chi connectivity index (χ3v) is 5.46. The number of ether oxygens (including phenoxy) is 1. The Morgan fingerprint density at radius 3 is 2.47 bits per heavy atom. The number of hydrogen-bond donors (Lipinski definition) is 0. The molecule has 0 spiro atoms. The average molecular weight is 468 g/mol. The zero-order chi connectivity index (χ0) is 21.3. The SMILES string of the molecule is CC(C)(C)Cn1nnc2c(Br)c(OCc3cccc(-c4cccc(F)c4)c3)ccc21. The Morgan fingerprint density at radius 1 is 1.00 bits per heavy atom. The molecule has 0 unspecified atom stereocenters. The van der Waals surface area contributed by atoms with Gasteiger partial charge in [0.05, 0.1) is 9.99 Å². The molecule has 0 bridgehead atoms. The lowest BCUT2D eigenvalue weighted by molar-refractivity contribution is 0.304. The second-order valence-electron chi connectivity index (χ2n) is 8.55. The van der Waals surface area contributed by atoms with E-state index in [4.69, 9.17) is 4.74 Å². The molecule has 4 nitrogen and oxygen atoms in total. The Balaban J connectivity index is 1.54. The molecule has 3 aromatic carbocycles. The monoisotopic (exact) mass is 467 g/mol. The molecular weight excluding hydrogens is 445 g/mol. The lowest BCUT2D eigenvalue weighted by Gasteiger charge is -2.18. The van der Waals surface area contributed by atoms with E-state index in [1.54, 1.807) is 6.07 Å². The number of fused-ring (bicyclic) bond motifs is 1. The fourth-order valence-electron chi connectivity index (χ4n) is 3.33. The van der Waals surface area contributed by atoms with Gasteiger partial charge in [-0.2, -0.15) is 0 Å². The maximum atomic E-state index is 13.5. The first-order valence-electron chi connectivity index (χ1n) is 9.79. The topological polar surface area (TPSA) is 39.9 Å². The van der Waals surface area contributed by atoms with Gasteiger partial charge in [-0.05, 0) is 68.4 Å². The predicted octanol–water partition coefficient (Wildman–Crippen LogP) is 6.63. The van der Waals surface area contributed by atoms with E-state index in [-0.39, 0.29) is 11.2 Å². The molecule has 0 saturated carbocycles. The van der Waals surface area contributed by atoms with Crippen LogP contribution in [0.4, 0.5) is 4.39 Å². The molecule has 30 heavy (non-hydrogen) atoms. The zero-order valence-electron chi connectivity index (χ0n) is 17.2. The Bertz CT molecular complexity index is 1200. The summed E-state index contributed by atoms with van der Waals surface area (Å²) in [7, 11) is 0. The van der Waals surface area contributed by atoms with Crippen LogP contribution in [0.25, 0.3) is 22.2 Å². The van der Waals surface area contributed by atoms with E-state index in [0.29, 0.717) is 12.4 Å². The van der Waals surface area contributed by atoms with Crippen molar-refractivity contribution in [3.05, 3.63) is 76.5 Å². The molecule has 0 fully saturated rings. The maximum absolute atomic E-state index is 13.5. The molecule has 0 saturated heterocycles. The number of benzene rings is 3. The van der Waals surface area contributed by atoms with Gasteiger partial charge in [0.25, 0.3) is 0 Å². The van der Waals surface area contributed by atoms with Crippen molar-refractivity contribution in [3.63, 3.8) is 0 Å². The van der Waals surface area contributed by atoms with E-state index < -0.39 is 0 Å². The van der Waals surface area contributed by atoms with Crippen molar-refractivity contribution in [3.8, 4) is 16.9 Å². The standard InChI is InChI=1S/C24H23BrFN3O/c1-24(2,3)15-29-20-10-11-21(22(25)23(20)27-28-29)30-14-16-6-4-7-17(12-16)18-8-5-9-19(26)13-18/h4-13H,14-15H2,1-3H3. The van der Waals surface area contributed by atoms with E-state index in [9.17, 15) is 4.39 Å². The van der Waals surface area contributed by atoms with Crippen LogP contribution in [0, 0.1) is 11.2 Å². The summed E-state index contributed by atoms with van der Waals surface area (Å²) in [5, 5.41) is 8.63. The van der Waals surface area contributed by atoms with Gasteiger partial charge >= 0.3 is 0 Å². The number of aromatic nitrogens is 3. The minimum Gasteiger partial charge on any atom is -0.488 e. The molecule has 1 aromatic heterocycles. The highest BCUT2D eigenvalue weighted by Gasteiger charge is 2.17. The second kappa shape index (κ2) is 8.19. The van der Waals surface area contributed by atoms with Gasteiger partial charge in [-0.25, -0.2) is 9.07 Å². The Labute approximate surface area is 183 Å². The summed E-state index contributed by atoms with van der Waals surface area (Å²) in [5.74, 6) is 0.465. The van der Waals surface area contributed by atoms with Gasteiger partial charge in [0.1, 0.15) is 23.7 Å². The minimum absolute atomic E-state index is 0.106. The van der Waals surface area contributed by atoms with E-state index in [2.05, 4.69) is 47.0 Å². The van der Waals surface area contributed by atoms with E-state index in [0.717, 1.165) is 38.7 Å². The summed E-state index contributed by atoms with van der Waals surface area (Å²) >= 11 is 3.63. The van der Waals surface area contributed by atoms with Gasteiger partial charge in [0, 0.05) is 6.54 Å². The van der Waals surface area contributed by atoms with Crippen LogP contribution in [0.5, 0.6) is 5.75 Å². The highest BCUT2D eigenvalue weighted by Crippen LogP contribution is 2.33. The van der Waals surface area contributed by atoms with E-state index in [1.807, 2.05) is 47.1 Å². The Morgan fingerprint density at radius 2 is 1.73 bits per heavy atom. The van der Waals surface area contributed by atoms with Gasteiger partial charge in [-0.1, -0.05) is 56.3 Å². The lowest BCUT2D eigenvalue weighted by atomic mass is 9.97. The third kappa shape index (κ3) is 4.54.